The highest BCUT2D eigenvalue weighted by molar-refractivity contribution is 14.1. The maximum absolute atomic E-state index is 12.7. The molecule has 1 aromatic heterocycles. The molecule has 1 saturated heterocycles. The van der Waals surface area contributed by atoms with Gasteiger partial charge in [-0.05, 0) is 47.2 Å². The number of hydrogen-bond donors (Lipinski definition) is 0. The van der Waals surface area contributed by atoms with Gasteiger partial charge in [0, 0.05) is 35.8 Å². The first kappa shape index (κ1) is 17.6. The summed E-state index contributed by atoms with van der Waals surface area (Å²) in [5.74, 6) is 0.743. The van der Waals surface area contributed by atoms with E-state index in [4.69, 9.17) is 0 Å². The molecule has 1 aliphatic rings. The number of carbonyl (C=O) groups excluding carboxylic acids is 1. The summed E-state index contributed by atoms with van der Waals surface area (Å²) in [4.78, 5) is 31.0. The Kier molecular flexibility index (Phi) is 5.16. The van der Waals surface area contributed by atoms with Crippen LogP contribution in [0.1, 0.15) is 15.9 Å². The topological polar surface area (TPSA) is 79.6 Å². The van der Waals surface area contributed by atoms with Crippen LogP contribution in [-0.2, 0) is 0 Å². The minimum absolute atomic E-state index is 0.0217. The van der Waals surface area contributed by atoms with Gasteiger partial charge in [-0.2, -0.15) is 0 Å². The molecule has 7 nitrogen and oxygen atoms in total. The quantitative estimate of drug-likeness (QED) is 0.407. The molecule has 25 heavy (non-hydrogen) atoms. The number of rotatable bonds is 3. The summed E-state index contributed by atoms with van der Waals surface area (Å²) in [5.41, 5.74) is 1.81. The smallest absolute Gasteiger partial charge is 0.287 e. The van der Waals surface area contributed by atoms with Gasteiger partial charge in [-0.15, -0.1) is 0 Å². The van der Waals surface area contributed by atoms with Crippen molar-refractivity contribution in [3.8, 4) is 0 Å². The Bertz CT molecular complexity index is 802. The number of benzene rings is 1. The van der Waals surface area contributed by atoms with Gasteiger partial charge >= 0.3 is 0 Å². The number of pyridine rings is 1. The van der Waals surface area contributed by atoms with E-state index in [0.29, 0.717) is 32.0 Å². The molecule has 0 bridgehead atoms. The van der Waals surface area contributed by atoms with E-state index < -0.39 is 4.92 Å². The summed E-state index contributed by atoms with van der Waals surface area (Å²) in [6.45, 7) is 4.50. The van der Waals surface area contributed by atoms with E-state index in [-0.39, 0.29) is 11.6 Å². The van der Waals surface area contributed by atoms with Crippen LogP contribution in [0.2, 0.25) is 0 Å². The van der Waals surface area contributed by atoms with Crippen LogP contribution < -0.4 is 4.90 Å². The third-order valence-corrected chi connectivity index (χ3v) is 5.69. The highest BCUT2D eigenvalue weighted by atomic mass is 127. The van der Waals surface area contributed by atoms with Crippen molar-refractivity contribution in [2.75, 3.05) is 31.1 Å². The van der Waals surface area contributed by atoms with Crippen molar-refractivity contribution in [2.24, 2.45) is 0 Å². The Labute approximate surface area is 158 Å². The zero-order valence-electron chi connectivity index (χ0n) is 13.7. The van der Waals surface area contributed by atoms with E-state index in [9.17, 15) is 14.9 Å². The third kappa shape index (κ3) is 3.73. The Morgan fingerprint density at radius 2 is 1.92 bits per heavy atom. The van der Waals surface area contributed by atoms with Gasteiger partial charge in [0.25, 0.3) is 11.6 Å². The van der Waals surface area contributed by atoms with Crippen LogP contribution in [0.4, 0.5) is 11.5 Å². The molecule has 130 valence electrons. The summed E-state index contributed by atoms with van der Waals surface area (Å²) >= 11 is 2.21. The van der Waals surface area contributed by atoms with Crippen LogP contribution in [0, 0.1) is 20.6 Å². The lowest BCUT2D eigenvalue weighted by Gasteiger charge is -2.35. The Morgan fingerprint density at radius 3 is 2.52 bits per heavy atom. The van der Waals surface area contributed by atoms with Crippen LogP contribution in [0.15, 0.2) is 36.5 Å². The standard InChI is InChI=1S/C17H17IN4O3/c1-12-3-2-4-14(16(12)18)17(23)21-9-7-20(8-10-21)15-6-5-13(11-19-15)22(24)25/h2-6,11H,7-10H2,1H3. The fourth-order valence-corrected chi connectivity index (χ4v) is 3.39. The highest BCUT2D eigenvalue weighted by Crippen LogP contribution is 2.21. The predicted octanol–water partition coefficient (Wildman–Crippen LogP) is 2.87. The fourth-order valence-electron chi connectivity index (χ4n) is 2.79. The van der Waals surface area contributed by atoms with Gasteiger partial charge < -0.3 is 9.80 Å². The number of amides is 1. The van der Waals surface area contributed by atoms with E-state index in [1.165, 1.54) is 12.3 Å². The van der Waals surface area contributed by atoms with Crippen molar-refractivity contribution < 1.29 is 9.72 Å². The molecule has 0 aliphatic carbocycles. The van der Waals surface area contributed by atoms with Crippen molar-refractivity contribution in [1.82, 2.24) is 9.88 Å². The number of aryl methyl sites for hydroxylation is 1. The maximum atomic E-state index is 12.7. The Hall–Kier alpha value is -2.23. The molecule has 2 aromatic rings. The average molecular weight is 452 g/mol. The molecule has 1 aliphatic heterocycles. The van der Waals surface area contributed by atoms with Crippen molar-refractivity contribution in [3.63, 3.8) is 0 Å². The summed E-state index contributed by atoms with van der Waals surface area (Å²) in [7, 11) is 0. The van der Waals surface area contributed by atoms with Crippen LogP contribution in [0.3, 0.4) is 0 Å². The van der Waals surface area contributed by atoms with E-state index in [2.05, 4.69) is 27.6 Å². The molecule has 0 spiro atoms. The minimum Gasteiger partial charge on any atom is -0.353 e. The summed E-state index contributed by atoms with van der Waals surface area (Å²) in [6.07, 6.45) is 1.27. The summed E-state index contributed by atoms with van der Waals surface area (Å²) in [5, 5.41) is 10.7. The van der Waals surface area contributed by atoms with Crippen LogP contribution in [-0.4, -0.2) is 46.9 Å². The number of nitro groups is 1. The number of nitrogens with zero attached hydrogens (tertiary/aromatic N) is 4. The number of piperazine rings is 1. The van der Waals surface area contributed by atoms with E-state index in [0.717, 1.165) is 14.7 Å². The second kappa shape index (κ2) is 7.34. The molecular formula is C17H17IN4O3. The van der Waals surface area contributed by atoms with Gasteiger partial charge in [0.1, 0.15) is 12.0 Å². The largest absolute Gasteiger partial charge is 0.353 e. The molecular weight excluding hydrogens is 435 g/mol. The van der Waals surface area contributed by atoms with Gasteiger partial charge in [0.05, 0.1) is 10.5 Å². The molecule has 1 fully saturated rings. The first-order chi connectivity index (χ1) is 12.0. The van der Waals surface area contributed by atoms with Crippen LogP contribution in [0.5, 0.6) is 0 Å². The minimum atomic E-state index is -0.461. The average Bonchev–Trinajstić information content (AvgIpc) is 2.64. The molecule has 0 saturated carbocycles. The molecule has 0 unspecified atom stereocenters. The number of anilines is 1. The Balaban J connectivity index is 1.66. The molecule has 0 atom stereocenters. The van der Waals surface area contributed by atoms with E-state index in [1.807, 2.05) is 34.9 Å². The number of carbonyl (C=O) groups is 1. The molecule has 8 heteroatoms. The lowest BCUT2D eigenvalue weighted by Crippen LogP contribution is -2.49. The van der Waals surface area contributed by atoms with Gasteiger partial charge in [-0.1, -0.05) is 12.1 Å². The van der Waals surface area contributed by atoms with Crippen molar-refractivity contribution in [3.05, 3.63) is 61.3 Å². The number of aromatic nitrogens is 1. The van der Waals surface area contributed by atoms with Crippen LogP contribution >= 0.6 is 22.6 Å². The maximum Gasteiger partial charge on any atom is 0.287 e. The van der Waals surface area contributed by atoms with E-state index in [1.54, 1.807) is 6.07 Å². The van der Waals surface area contributed by atoms with Gasteiger partial charge in [-0.3, -0.25) is 14.9 Å². The SMILES string of the molecule is Cc1cccc(C(=O)N2CCN(c3ccc([N+](=O)[O-])cn3)CC2)c1I. The zero-order chi connectivity index (χ0) is 18.0. The van der Waals surface area contributed by atoms with Crippen LogP contribution in [0.25, 0.3) is 0 Å². The monoisotopic (exact) mass is 452 g/mol. The molecule has 0 N–H and O–H groups in total. The van der Waals surface area contributed by atoms with Crippen molar-refractivity contribution >= 4 is 40.0 Å². The molecule has 2 heterocycles. The molecule has 1 amide bonds. The van der Waals surface area contributed by atoms with Gasteiger partial charge in [-0.25, -0.2) is 4.98 Å². The third-order valence-electron chi connectivity index (χ3n) is 4.26. The van der Waals surface area contributed by atoms with Gasteiger partial charge in [0.15, 0.2) is 0 Å². The second-order valence-corrected chi connectivity index (χ2v) is 6.93. The summed E-state index contributed by atoms with van der Waals surface area (Å²) in [6, 6.07) is 8.87. The fraction of sp³-hybridized carbons (Fsp3) is 0.294. The lowest BCUT2D eigenvalue weighted by atomic mass is 10.1. The number of halogens is 1. The zero-order valence-corrected chi connectivity index (χ0v) is 15.8. The molecule has 3 rings (SSSR count). The Morgan fingerprint density at radius 1 is 1.20 bits per heavy atom. The first-order valence-electron chi connectivity index (χ1n) is 7.87. The summed E-state index contributed by atoms with van der Waals surface area (Å²) < 4.78 is 0.990. The normalized spacial score (nSPS) is 14.5. The van der Waals surface area contributed by atoms with Crippen molar-refractivity contribution in [2.45, 2.75) is 6.92 Å². The van der Waals surface area contributed by atoms with Gasteiger partial charge in [0.2, 0.25) is 0 Å². The second-order valence-electron chi connectivity index (χ2n) is 5.85. The highest BCUT2D eigenvalue weighted by Gasteiger charge is 2.24. The number of hydrogen-bond acceptors (Lipinski definition) is 5. The molecule has 1 aromatic carbocycles. The first-order valence-corrected chi connectivity index (χ1v) is 8.95. The predicted molar refractivity (Wildman–Crippen MR) is 103 cm³/mol. The van der Waals surface area contributed by atoms with Crippen molar-refractivity contribution in [1.29, 1.82) is 0 Å². The lowest BCUT2D eigenvalue weighted by molar-refractivity contribution is -0.385. The van der Waals surface area contributed by atoms with E-state index >= 15 is 0 Å². The molecule has 0 radical (unpaired) electrons.